The average molecular weight is 329 g/mol. The van der Waals surface area contributed by atoms with Gasteiger partial charge in [0.05, 0.1) is 0 Å². The van der Waals surface area contributed by atoms with Gasteiger partial charge in [0.25, 0.3) is 0 Å². The molecule has 0 unspecified atom stereocenters. The van der Waals surface area contributed by atoms with Crippen LogP contribution in [-0.2, 0) is 0 Å². The van der Waals surface area contributed by atoms with E-state index in [1.807, 2.05) is 0 Å². The Morgan fingerprint density at radius 2 is 2.04 bits per heavy atom. The Labute approximate surface area is 136 Å². The lowest BCUT2D eigenvalue weighted by molar-refractivity contribution is -0.391. The van der Waals surface area contributed by atoms with Crippen LogP contribution in [0.15, 0.2) is 47.5 Å². The van der Waals surface area contributed by atoms with E-state index in [1.165, 1.54) is 21.2 Å². The van der Waals surface area contributed by atoms with Gasteiger partial charge < -0.3 is 15.4 Å². The number of fused-ring (bicyclic) bond motifs is 1. The molecule has 0 aliphatic rings. The maximum absolute atomic E-state index is 10.9. The number of nitro groups is 1. The Kier molecular flexibility index (Phi) is 4.42. The lowest BCUT2D eigenvalue weighted by atomic mass is 10.2. The fraction of sp³-hybridized carbons (Fsp3) is 0.200. The van der Waals surface area contributed by atoms with E-state index in [0.29, 0.717) is 18.0 Å². The molecule has 23 heavy (non-hydrogen) atoms. The molecule has 0 radical (unpaired) electrons. The van der Waals surface area contributed by atoms with Crippen LogP contribution in [0.2, 0.25) is 0 Å². The van der Waals surface area contributed by atoms with Crippen molar-refractivity contribution in [1.82, 2.24) is 14.6 Å². The summed E-state index contributed by atoms with van der Waals surface area (Å²) in [6, 6.07) is 11.8. The molecule has 0 saturated heterocycles. The van der Waals surface area contributed by atoms with Gasteiger partial charge in [0.2, 0.25) is 5.65 Å². The zero-order valence-corrected chi connectivity index (χ0v) is 13.3. The third kappa shape index (κ3) is 3.59. The molecular weight excluding hydrogens is 314 g/mol. The Hall–Kier alpha value is -2.61. The number of benzene rings is 1. The second kappa shape index (κ2) is 6.66. The minimum absolute atomic E-state index is 0.141. The van der Waals surface area contributed by atoms with Crippen LogP contribution >= 0.6 is 11.8 Å². The molecule has 0 fully saturated rings. The van der Waals surface area contributed by atoms with E-state index in [2.05, 4.69) is 46.6 Å². The minimum Gasteiger partial charge on any atom is -0.366 e. The summed E-state index contributed by atoms with van der Waals surface area (Å²) in [4.78, 5) is 15.6. The molecule has 0 aliphatic carbocycles. The molecule has 3 aromatic rings. The van der Waals surface area contributed by atoms with Crippen LogP contribution in [0.1, 0.15) is 5.56 Å². The molecule has 8 heteroatoms. The van der Waals surface area contributed by atoms with Crippen molar-refractivity contribution in [3.05, 3.63) is 58.3 Å². The lowest BCUT2D eigenvalue weighted by Crippen LogP contribution is -2.08. The van der Waals surface area contributed by atoms with Crippen LogP contribution in [0.5, 0.6) is 0 Å². The second-order valence-corrected chi connectivity index (χ2v) is 6.12. The van der Waals surface area contributed by atoms with E-state index in [9.17, 15) is 10.1 Å². The van der Waals surface area contributed by atoms with Crippen LogP contribution in [0.25, 0.3) is 5.65 Å². The summed E-state index contributed by atoms with van der Waals surface area (Å²) in [5, 5.41) is 18.3. The average Bonchev–Trinajstić information content (AvgIpc) is 2.96. The topological polar surface area (TPSA) is 85.4 Å². The quantitative estimate of drug-likeness (QED) is 0.324. The van der Waals surface area contributed by atoms with Gasteiger partial charge in [-0.15, -0.1) is 11.8 Å². The molecule has 0 spiro atoms. The first-order valence-corrected chi connectivity index (χ1v) is 8.04. The fourth-order valence-electron chi connectivity index (χ4n) is 2.06. The predicted molar refractivity (Wildman–Crippen MR) is 90.0 cm³/mol. The van der Waals surface area contributed by atoms with E-state index >= 15 is 0 Å². The zero-order chi connectivity index (χ0) is 16.2. The summed E-state index contributed by atoms with van der Waals surface area (Å²) < 4.78 is 1.23. The highest BCUT2D eigenvalue weighted by atomic mass is 32.2. The normalized spacial score (nSPS) is 10.8. The predicted octanol–water partition coefficient (Wildman–Crippen LogP) is 3.15. The highest BCUT2D eigenvalue weighted by Crippen LogP contribution is 2.18. The van der Waals surface area contributed by atoms with Crippen molar-refractivity contribution in [1.29, 1.82) is 0 Å². The molecule has 2 heterocycles. The summed E-state index contributed by atoms with van der Waals surface area (Å²) in [5.41, 5.74) is 1.70. The van der Waals surface area contributed by atoms with Gasteiger partial charge in [-0.05, 0) is 30.0 Å². The molecular formula is C15H15N5O2S. The third-order valence-electron chi connectivity index (χ3n) is 3.23. The second-order valence-electron chi connectivity index (χ2n) is 4.95. The number of aryl methyl sites for hydroxylation is 1. The van der Waals surface area contributed by atoms with Gasteiger partial charge in [-0.3, -0.25) is 0 Å². The van der Waals surface area contributed by atoms with Crippen molar-refractivity contribution in [2.24, 2.45) is 0 Å². The van der Waals surface area contributed by atoms with Crippen molar-refractivity contribution < 1.29 is 4.92 Å². The van der Waals surface area contributed by atoms with Crippen molar-refractivity contribution in [2.45, 2.75) is 11.8 Å². The first-order valence-electron chi connectivity index (χ1n) is 7.06. The van der Waals surface area contributed by atoms with E-state index < -0.39 is 4.92 Å². The zero-order valence-electron chi connectivity index (χ0n) is 12.5. The van der Waals surface area contributed by atoms with E-state index in [0.717, 1.165) is 5.75 Å². The number of nitrogens with one attached hydrogen (secondary N) is 1. The number of aromatic nitrogens is 3. The molecule has 3 rings (SSSR count). The Morgan fingerprint density at radius 3 is 2.78 bits per heavy atom. The summed E-state index contributed by atoms with van der Waals surface area (Å²) in [7, 11) is 0. The highest BCUT2D eigenvalue weighted by Gasteiger charge is 2.15. The van der Waals surface area contributed by atoms with E-state index in [-0.39, 0.29) is 5.82 Å². The minimum atomic E-state index is -0.496. The van der Waals surface area contributed by atoms with Gasteiger partial charge in [0.15, 0.2) is 5.82 Å². The molecule has 0 aliphatic heterocycles. The summed E-state index contributed by atoms with van der Waals surface area (Å²) in [5.74, 6) is 1.32. The Morgan fingerprint density at radius 1 is 1.26 bits per heavy atom. The molecule has 1 N–H and O–H groups in total. The van der Waals surface area contributed by atoms with Gasteiger partial charge in [-0.1, -0.05) is 27.3 Å². The Balaban J connectivity index is 1.59. The molecule has 7 nitrogen and oxygen atoms in total. The number of thioether (sulfide) groups is 1. The molecule has 0 atom stereocenters. The molecule has 1 aromatic carbocycles. The molecule has 0 amide bonds. The molecule has 0 bridgehead atoms. The number of imidazole rings is 1. The highest BCUT2D eigenvalue weighted by molar-refractivity contribution is 7.99. The van der Waals surface area contributed by atoms with Gasteiger partial charge >= 0.3 is 5.82 Å². The first kappa shape index (κ1) is 15.3. The monoisotopic (exact) mass is 329 g/mol. The van der Waals surface area contributed by atoms with E-state index in [4.69, 9.17) is 0 Å². The lowest BCUT2D eigenvalue weighted by Gasteiger charge is -2.05. The largest absolute Gasteiger partial charge is 0.368 e. The molecule has 2 aromatic heterocycles. The van der Waals surface area contributed by atoms with Crippen molar-refractivity contribution in [3.8, 4) is 0 Å². The maximum atomic E-state index is 10.9. The van der Waals surface area contributed by atoms with Crippen LogP contribution in [0.4, 0.5) is 11.6 Å². The summed E-state index contributed by atoms with van der Waals surface area (Å²) >= 11 is 1.74. The number of hydrogen-bond donors (Lipinski definition) is 1. The SMILES string of the molecule is Cc1ccc(SCCNc2ccc3ncc([N+](=O)[O-])n3n2)cc1. The number of anilines is 1. The van der Waals surface area contributed by atoms with Crippen LogP contribution < -0.4 is 5.32 Å². The van der Waals surface area contributed by atoms with Crippen molar-refractivity contribution in [2.75, 3.05) is 17.6 Å². The van der Waals surface area contributed by atoms with E-state index in [1.54, 1.807) is 23.9 Å². The van der Waals surface area contributed by atoms with Crippen molar-refractivity contribution in [3.63, 3.8) is 0 Å². The molecule has 0 saturated carbocycles. The van der Waals surface area contributed by atoms with Gasteiger partial charge in [0.1, 0.15) is 6.20 Å². The number of nitrogens with zero attached hydrogens (tertiary/aromatic N) is 4. The van der Waals surface area contributed by atoms with Crippen LogP contribution in [0, 0.1) is 17.0 Å². The standard InChI is InChI=1S/C15H15N5O2S/c1-11-2-4-12(5-3-11)23-9-8-16-13-6-7-14-17-10-15(20(21)22)19(14)18-13/h2-7,10H,8-9H2,1H3,(H,16,18). The van der Waals surface area contributed by atoms with Crippen molar-refractivity contribution >= 4 is 29.0 Å². The maximum Gasteiger partial charge on any atom is 0.368 e. The van der Waals surface area contributed by atoms with Gasteiger partial charge in [0, 0.05) is 23.3 Å². The van der Waals surface area contributed by atoms with Gasteiger partial charge in [-0.2, -0.15) is 0 Å². The smallest absolute Gasteiger partial charge is 0.366 e. The fourth-order valence-corrected chi connectivity index (χ4v) is 2.83. The third-order valence-corrected chi connectivity index (χ3v) is 4.24. The summed E-state index contributed by atoms with van der Waals surface area (Å²) in [6.45, 7) is 2.77. The van der Waals surface area contributed by atoms with Gasteiger partial charge in [-0.25, -0.2) is 4.98 Å². The number of hydrogen-bond acceptors (Lipinski definition) is 6. The molecule has 118 valence electrons. The first-order chi connectivity index (χ1) is 11.1. The summed E-state index contributed by atoms with van der Waals surface area (Å²) in [6.07, 6.45) is 1.21. The van der Waals surface area contributed by atoms with Crippen LogP contribution in [-0.4, -0.2) is 31.8 Å². The Bertz CT molecular complexity index is 832. The van der Waals surface area contributed by atoms with Crippen LogP contribution in [0.3, 0.4) is 0 Å². The number of rotatable bonds is 6.